The van der Waals surface area contributed by atoms with E-state index in [9.17, 15) is 14.4 Å². The Bertz CT molecular complexity index is 984. The first kappa shape index (κ1) is 22.2. The predicted octanol–water partition coefficient (Wildman–Crippen LogP) is 2.86. The number of nitrogens with zero attached hydrogens (tertiary/aromatic N) is 2. The molecule has 7 heteroatoms. The van der Waals surface area contributed by atoms with E-state index in [1.54, 1.807) is 26.1 Å². The van der Waals surface area contributed by atoms with Gasteiger partial charge in [0, 0.05) is 24.2 Å². The highest BCUT2D eigenvalue weighted by molar-refractivity contribution is 5.97. The van der Waals surface area contributed by atoms with E-state index in [0.717, 1.165) is 16.8 Å². The summed E-state index contributed by atoms with van der Waals surface area (Å²) in [5, 5.41) is 2.77. The monoisotopic (exact) mass is 421 g/mol. The zero-order valence-corrected chi connectivity index (χ0v) is 18.1. The van der Waals surface area contributed by atoms with Crippen molar-refractivity contribution in [1.29, 1.82) is 0 Å². The first-order valence-electron chi connectivity index (χ1n) is 10.3. The van der Waals surface area contributed by atoms with Crippen LogP contribution in [0.1, 0.15) is 43.0 Å². The van der Waals surface area contributed by atoms with E-state index in [-0.39, 0.29) is 37.9 Å². The summed E-state index contributed by atoms with van der Waals surface area (Å²) in [5.41, 5.74) is 3.56. The van der Waals surface area contributed by atoms with Gasteiger partial charge in [0.05, 0.1) is 24.4 Å². The molecule has 3 rings (SSSR count). The first-order valence-corrected chi connectivity index (χ1v) is 10.3. The van der Waals surface area contributed by atoms with Gasteiger partial charge in [0.25, 0.3) is 0 Å². The Morgan fingerprint density at radius 3 is 2.55 bits per heavy atom. The van der Waals surface area contributed by atoms with Gasteiger partial charge in [-0.05, 0) is 38.5 Å². The molecule has 2 heterocycles. The minimum Gasteiger partial charge on any atom is -0.463 e. The largest absolute Gasteiger partial charge is 0.463 e. The number of rotatable bonds is 7. The van der Waals surface area contributed by atoms with E-state index < -0.39 is 11.9 Å². The van der Waals surface area contributed by atoms with Gasteiger partial charge in [-0.25, -0.2) is 4.79 Å². The van der Waals surface area contributed by atoms with Gasteiger partial charge < -0.3 is 15.0 Å². The van der Waals surface area contributed by atoms with Crippen LogP contribution in [0.4, 0.5) is 0 Å². The number of hydrogen-bond acceptors (Lipinski definition) is 5. The minimum atomic E-state index is -0.461. The third-order valence-electron chi connectivity index (χ3n) is 5.29. The highest BCUT2D eigenvalue weighted by Crippen LogP contribution is 2.37. The fourth-order valence-corrected chi connectivity index (χ4v) is 3.65. The summed E-state index contributed by atoms with van der Waals surface area (Å²) in [4.78, 5) is 43.7. The van der Waals surface area contributed by atoms with Crippen LogP contribution in [-0.4, -0.2) is 40.8 Å². The van der Waals surface area contributed by atoms with Gasteiger partial charge in [0.1, 0.15) is 6.54 Å². The number of amides is 2. The van der Waals surface area contributed by atoms with Crippen LogP contribution in [0.2, 0.25) is 0 Å². The lowest BCUT2D eigenvalue weighted by Gasteiger charge is -2.34. The van der Waals surface area contributed by atoms with Gasteiger partial charge in [-0.2, -0.15) is 0 Å². The topological polar surface area (TPSA) is 88.6 Å². The van der Waals surface area contributed by atoms with Gasteiger partial charge in [0.15, 0.2) is 0 Å². The normalized spacial score (nSPS) is 16.3. The van der Waals surface area contributed by atoms with Crippen molar-refractivity contribution in [2.45, 2.75) is 39.7 Å². The number of nitrogens with one attached hydrogen (secondary N) is 1. The van der Waals surface area contributed by atoms with Crippen LogP contribution in [0.25, 0.3) is 0 Å². The number of benzene rings is 1. The second kappa shape index (κ2) is 10.0. The van der Waals surface area contributed by atoms with E-state index in [1.807, 2.05) is 43.3 Å². The molecule has 0 saturated heterocycles. The van der Waals surface area contributed by atoms with Crippen molar-refractivity contribution in [1.82, 2.24) is 15.2 Å². The van der Waals surface area contributed by atoms with E-state index in [0.29, 0.717) is 11.3 Å². The van der Waals surface area contributed by atoms with Crippen LogP contribution in [0, 0.1) is 6.92 Å². The molecule has 0 fully saturated rings. The molecule has 2 amide bonds. The molecule has 0 spiro atoms. The van der Waals surface area contributed by atoms with Crippen LogP contribution in [0.5, 0.6) is 0 Å². The number of carbonyl (C=O) groups is 3. The maximum Gasteiger partial charge on any atom is 0.336 e. The van der Waals surface area contributed by atoms with Crippen LogP contribution < -0.4 is 5.32 Å². The van der Waals surface area contributed by atoms with Crippen molar-refractivity contribution in [2.24, 2.45) is 0 Å². The molecule has 1 N–H and O–H groups in total. The van der Waals surface area contributed by atoms with Crippen molar-refractivity contribution in [3.63, 3.8) is 0 Å². The van der Waals surface area contributed by atoms with Crippen molar-refractivity contribution < 1.29 is 19.1 Å². The van der Waals surface area contributed by atoms with Gasteiger partial charge in [-0.15, -0.1) is 0 Å². The molecule has 0 bridgehead atoms. The molecule has 1 atom stereocenters. The van der Waals surface area contributed by atoms with Crippen LogP contribution in [0.3, 0.4) is 0 Å². The summed E-state index contributed by atoms with van der Waals surface area (Å²) >= 11 is 0. The zero-order valence-electron chi connectivity index (χ0n) is 18.1. The first-order chi connectivity index (χ1) is 14.9. The SMILES string of the molecule is CCOC(=O)C1=C(C)N(CC(=O)NCc2ccccn2)C(=O)CC1c1ccc(C)cc1. The summed E-state index contributed by atoms with van der Waals surface area (Å²) in [6, 6.07) is 13.2. The van der Waals surface area contributed by atoms with Crippen molar-refractivity contribution in [2.75, 3.05) is 13.2 Å². The number of allylic oxidation sites excluding steroid dienone is 1. The lowest BCUT2D eigenvalue weighted by atomic mass is 9.83. The molecule has 7 nitrogen and oxygen atoms in total. The van der Waals surface area contributed by atoms with Gasteiger partial charge in [0.2, 0.25) is 11.8 Å². The van der Waals surface area contributed by atoms with E-state index >= 15 is 0 Å². The van der Waals surface area contributed by atoms with Crippen LogP contribution in [-0.2, 0) is 25.7 Å². The molecule has 2 aromatic rings. The molecule has 1 aliphatic rings. The second-order valence-electron chi connectivity index (χ2n) is 7.46. The number of hydrogen-bond donors (Lipinski definition) is 1. The smallest absolute Gasteiger partial charge is 0.336 e. The Kier molecular flexibility index (Phi) is 7.18. The third-order valence-corrected chi connectivity index (χ3v) is 5.29. The molecule has 1 aromatic carbocycles. The fraction of sp³-hybridized carbons (Fsp3) is 0.333. The number of aryl methyl sites for hydroxylation is 1. The number of esters is 1. The maximum atomic E-state index is 12.9. The summed E-state index contributed by atoms with van der Waals surface area (Å²) in [6.07, 6.45) is 1.75. The molecule has 1 aliphatic heterocycles. The lowest BCUT2D eigenvalue weighted by molar-refractivity contribution is -0.141. The molecular formula is C24H27N3O4. The fourth-order valence-electron chi connectivity index (χ4n) is 3.65. The molecule has 0 aliphatic carbocycles. The van der Waals surface area contributed by atoms with Crippen molar-refractivity contribution >= 4 is 17.8 Å². The molecule has 31 heavy (non-hydrogen) atoms. The zero-order chi connectivity index (χ0) is 22.4. The summed E-state index contributed by atoms with van der Waals surface area (Å²) in [5.74, 6) is -1.39. The molecule has 0 saturated carbocycles. The lowest BCUT2D eigenvalue weighted by Crippen LogP contribution is -2.44. The Balaban J connectivity index is 1.83. The Labute approximate surface area is 182 Å². The van der Waals surface area contributed by atoms with Crippen molar-refractivity contribution in [3.8, 4) is 0 Å². The highest BCUT2D eigenvalue weighted by atomic mass is 16.5. The number of ether oxygens (including phenoxy) is 1. The summed E-state index contributed by atoms with van der Waals surface area (Å²) in [6.45, 7) is 5.74. The Morgan fingerprint density at radius 2 is 1.90 bits per heavy atom. The minimum absolute atomic E-state index is 0.0993. The van der Waals surface area contributed by atoms with E-state index in [4.69, 9.17) is 4.74 Å². The van der Waals surface area contributed by atoms with Crippen LogP contribution in [0.15, 0.2) is 59.9 Å². The maximum absolute atomic E-state index is 12.9. The summed E-state index contributed by atoms with van der Waals surface area (Å²) < 4.78 is 5.28. The molecule has 1 aromatic heterocycles. The van der Waals surface area contributed by atoms with Gasteiger partial charge >= 0.3 is 5.97 Å². The standard InChI is InChI=1S/C24H27N3O4/c1-4-31-24(30)23-17(3)27(15-21(28)26-14-19-7-5-6-12-25-19)22(29)13-20(23)18-10-8-16(2)9-11-18/h5-12,20H,4,13-15H2,1-3H3,(H,26,28). The average Bonchev–Trinajstić information content (AvgIpc) is 2.76. The quantitative estimate of drug-likeness (QED) is 0.695. The average molecular weight is 421 g/mol. The van der Waals surface area contributed by atoms with Gasteiger partial charge in [-0.1, -0.05) is 35.9 Å². The molecule has 162 valence electrons. The van der Waals surface area contributed by atoms with Crippen molar-refractivity contribution in [3.05, 3.63) is 76.8 Å². The molecular weight excluding hydrogens is 394 g/mol. The highest BCUT2D eigenvalue weighted by Gasteiger charge is 2.37. The number of pyridine rings is 1. The van der Waals surface area contributed by atoms with E-state index in [2.05, 4.69) is 10.3 Å². The van der Waals surface area contributed by atoms with Crippen LogP contribution >= 0.6 is 0 Å². The summed E-state index contributed by atoms with van der Waals surface area (Å²) in [7, 11) is 0. The Morgan fingerprint density at radius 1 is 1.16 bits per heavy atom. The van der Waals surface area contributed by atoms with E-state index in [1.165, 1.54) is 4.90 Å². The third kappa shape index (κ3) is 5.36. The second-order valence-corrected chi connectivity index (χ2v) is 7.46. The Hall–Kier alpha value is -3.48. The molecule has 1 unspecified atom stereocenters. The molecule has 0 radical (unpaired) electrons. The number of aromatic nitrogens is 1. The predicted molar refractivity (Wildman–Crippen MR) is 116 cm³/mol. The van der Waals surface area contributed by atoms with Gasteiger partial charge in [-0.3, -0.25) is 14.6 Å². The number of carbonyl (C=O) groups excluding carboxylic acids is 3.